The maximum absolute atomic E-state index is 11.9. The lowest BCUT2D eigenvalue weighted by Crippen LogP contribution is -2.17. The summed E-state index contributed by atoms with van der Waals surface area (Å²) in [6, 6.07) is 3.84. The molecule has 0 bridgehead atoms. The molecule has 2 aromatic rings. The third-order valence-corrected chi connectivity index (χ3v) is 4.25. The fraction of sp³-hybridized carbons (Fsp3) is 0.467. The number of ether oxygens (including phenoxy) is 2. The third-order valence-electron chi connectivity index (χ3n) is 3.20. The van der Waals surface area contributed by atoms with Crippen LogP contribution in [0.5, 0.6) is 11.5 Å². The topological polar surface area (TPSA) is 52.8 Å². The second-order valence-corrected chi connectivity index (χ2v) is 5.92. The lowest BCUT2D eigenvalue weighted by atomic mass is 10.2. The van der Waals surface area contributed by atoms with Crippen LogP contribution in [0.2, 0.25) is 0 Å². The molecule has 0 radical (unpaired) electrons. The summed E-state index contributed by atoms with van der Waals surface area (Å²) in [6.07, 6.45) is 0. The van der Waals surface area contributed by atoms with Gasteiger partial charge in [-0.05, 0) is 6.92 Å². The zero-order valence-corrected chi connectivity index (χ0v) is 13.8. The monoisotopic (exact) mass is 308 g/mol. The molecule has 0 saturated carbocycles. The van der Waals surface area contributed by atoms with E-state index >= 15 is 0 Å². The average Bonchev–Trinajstić information content (AvgIpc) is 2.81. The number of benzene rings is 1. The van der Waals surface area contributed by atoms with E-state index in [0.717, 1.165) is 16.8 Å². The summed E-state index contributed by atoms with van der Waals surface area (Å²) < 4.78 is 13.7. The van der Waals surface area contributed by atoms with Crippen LogP contribution < -0.4 is 14.3 Å². The number of aryl methyl sites for hydroxylation is 1. The molecule has 114 valence electrons. The van der Waals surface area contributed by atoms with Gasteiger partial charge in [-0.25, -0.2) is 0 Å². The van der Waals surface area contributed by atoms with E-state index in [0.29, 0.717) is 16.3 Å². The smallest absolute Gasteiger partial charge is 0.250 e. The second kappa shape index (κ2) is 6.30. The van der Waals surface area contributed by atoms with Gasteiger partial charge in [0.15, 0.2) is 16.3 Å². The van der Waals surface area contributed by atoms with Gasteiger partial charge < -0.3 is 14.0 Å². The van der Waals surface area contributed by atoms with E-state index in [2.05, 4.69) is 4.99 Å². The number of aromatic nitrogens is 1. The summed E-state index contributed by atoms with van der Waals surface area (Å²) in [4.78, 5) is 16.8. The van der Waals surface area contributed by atoms with Gasteiger partial charge in [0.1, 0.15) is 0 Å². The van der Waals surface area contributed by atoms with Crippen molar-refractivity contribution in [3.05, 3.63) is 16.9 Å². The van der Waals surface area contributed by atoms with Gasteiger partial charge in [-0.2, -0.15) is 4.99 Å². The lowest BCUT2D eigenvalue weighted by molar-refractivity contribution is -0.120. The number of nitrogens with zero attached hydrogens (tertiary/aromatic N) is 2. The minimum atomic E-state index is -0.109. The molecule has 1 amide bonds. The van der Waals surface area contributed by atoms with E-state index in [4.69, 9.17) is 9.47 Å². The van der Waals surface area contributed by atoms with Crippen molar-refractivity contribution in [3.63, 3.8) is 0 Å². The van der Waals surface area contributed by atoms with Crippen LogP contribution in [-0.2, 0) is 11.3 Å². The molecule has 5 nitrogen and oxygen atoms in total. The van der Waals surface area contributed by atoms with E-state index in [9.17, 15) is 4.79 Å². The van der Waals surface area contributed by atoms with Crippen LogP contribution in [0.3, 0.4) is 0 Å². The highest BCUT2D eigenvalue weighted by Gasteiger charge is 2.13. The summed E-state index contributed by atoms with van der Waals surface area (Å²) in [5.74, 6) is 1.13. The number of carbonyl (C=O) groups excluding carboxylic acids is 1. The number of hydrogen-bond donors (Lipinski definition) is 0. The Hall–Kier alpha value is -1.82. The van der Waals surface area contributed by atoms with Gasteiger partial charge in [-0.1, -0.05) is 25.2 Å². The Kier molecular flexibility index (Phi) is 4.67. The molecule has 0 saturated heterocycles. The van der Waals surface area contributed by atoms with E-state index in [1.54, 1.807) is 14.2 Å². The van der Waals surface area contributed by atoms with Crippen LogP contribution >= 0.6 is 11.3 Å². The molecule has 0 N–H and O–H groups in total. The summed E-state index contributed by atoms with van der Waals surface area (Å²) in [5, 5.41) is 0. The molecular weight excluding hydrogens is 288 g/mol. The molecule has 2 rings (SSSR count). The highest BCUT2D eigenvalue weighted by Crippen LogP contribution is 2.33. The van der Waals surface area contributed by atoms with Crippen LogP contribution in [0.4, 0.5) is 0 Å². The van der Waals surface area contributed by atoms with E-state index < -0.39 is 0 Å². The van der Waals surface area contributed by atoms with Gasteiger partial charge >= 0.3 is 0 Å². The largest absolute Gasteiger partial charge is 0.493 e. The average molecular weight is 308 g/mol. The van der Waals surface area contributed by atoms with Crippen LogP contribution in [0.25, 0.3) is 10.2 Å². The van der Waals surface area contributed by atoms with Crippen molar-refractivity contribution in [2.75, 3.05) is 14.2 Å². The van der Waals surface area contributed by atoms with Crippen molar-refractivity contribution in [1.82, 2.24) is 4.57 Å². The molecule has 0 atom stereocenters. The lowest BCUT2D eigenvalue weighted by Gasteiger charge is -2.08. The molecule has 0 aliphatic rings. The van der Waals surface area contributed by atoms with Crippen molar-refractivity contribution in [3.8, 4) is 11.5 Å². The first-order valence-electron chi connectivity index (χ1n) is 6.85. The molecule has 0 spiro atoms. The van der Waals surface area contributed by atoms with Gasteiger partial charge in [0.2, 0.25) is 0 Å². The zero-order valence-electron chi connectivity index (χ0n) is 13.0. The fourth-order valence-electron chi connectivity index (χ4n) is 2.01. The van der Waals surface area contributed by atoms with Crippen LogP contribution in [0.1, 0.15) is 20.8 Å². The molecule has 21 heavy (non-hydrogen) atoms. The standard InChI is InChI=1S/C15H20N2O3S/c1-6-17-10-7-11(19-4)12(20-5)8-13(10)21-15(17)16-14(18)9(2)3/h7-9H,6H2,1-5H3. The van der Waals surface area contributed by atoms with Crippen LogP contribution in [0, 0.1) is 5.92 Å². The number of methoxy groups -OCH3 is 2. The van der Waals surface area contributed by atoms with Crippen LogP contribution in [0.15, 0.2) is 17.1 Å². The molecule has 0 aliphatic heterocycles. The number of fused-ring (bicyclic) bond motifs is 1. The third kappa shape index (κ3) is 2.95. The molecule has 1 aromatic heterocycles. The zero-order chi connectivity index (χ0) is 15.6. The minimum Gasteiger partial charge on any atom is -0.493 e. The first-order valence-corrected chi connectivity index (χ1v) is 7.67. The van der Waals surface area contributed by atoms with E-state index in [-0.39, 0.29) is 11.8 Å². The fourth-order valence-corrected chi connectivity index (χ4v) is 3.12. The molecule has 6 heteroatoms. The Bertz CT molecular complexity index is 728. The van der Waals surface area contributed by atoms with Gasteiger partial charge in [-0.15, -0.1) is 0 Å². The normalized spacial score (nSPS) is 12.2. The molecule has 1 aromatic carbocycles. The number of thiazole rings is 1. The summed E-state index contributed by atoms with van der Waals surface area (Å²) in [6.45, 7) is 6.46. The molecule has 0 aliphatic carbocycles. The van der Waals surface area contributed by atoms with E-state index in [1.165, 1.54) is 11.3 Å². The summed E-state index contributed by atoms with van der Waals surface area (Å²) in [5.41, 5.74) is 0.996. The van der Waals surface area contributed by atoms with Crippen molar-refractivity contribution in [2.24, 2.45) is 10.9 Å². The highest BCUT2D eigenvalue weighted by molar-refractivity contribution is 7.16. The van der Waals surface area contributed by atoms with Gasteiger partial charge in [0.25, 0.3) is 5.91 Å². The van der Waals surface area contributed by atoms with Crippen molar-refractivity contribution in [2.45, 2.75) is 27.3 Å². The number of amides is 1. The second-order valence-electron chi connectivity index (χ2n) is 4.91. The molecule has 1 heterocycles. The predicted molar refractivity (Wildman–Crippen MR) is 84.0 cm³/mol. The Morgan fingerprint density at radius 2 is 1.90 bits per heavy atom. The molecule has 0 fully saturated rings. The molecular formula is C15H20N2O3S. The van der Waals surface area contributed by atoms with Gasteiger partial charge in [0.05, 0.1) is 24.4 Å². The summed E-state index contributed by atoms with van der Waals surface area (Å²) in [7, 11) is 3.22. The number of carbonyl (C=O) groups is 1. The SMILES string of the molecule is CCn1c(=NC(=O)C(C)C)sc2cc(OC)c(OC)cc21. The quantitative estimate of drug-likeness (QED) is 0.872. The van der Waals surface area contributed by atoms with Crippen LogP contribution in [-0.4, -0.2) is 24.7 Å². The number of hydrogen-bond acceptors (Lipinski definition) is 4. The Morgan fingerprint density at radius 3 is 2.43 bits per heavy atom. The van der Waals surface area contributed by atoms with Crippen molar-refractivity contribution >= 4 is 27.5 Å². The number of rotatable bonds is 4. The predicted octanol–water partition coefficient (Wildman–Crippen LogP) is 2.82. The highest BCUT2D eigenvalue weighted by atomic mass is 32.1. The first kappa shape index (κ1) is 15.6. The molecule has 0 unspecified atom stereocenters. The Balaban J connectivity index is 2.72. The maximum Gasteiger partial charge on any atom is 0.250 e. The Labute approximate surface area is 127 Å². The van der Waals surface area contributed by atoms with Crippen molar-refractivity contribution < 1.29 is 14.3 Å². The summed E-state index contributed by atoms with van der Waals surface area (Å²) >= 11 is 1.48. The van der Waals surface area contributed by atoms with E-state index in [1.807, 2.05) is 37.5 Å². The minimum absolute atomic E-state index is 0.107. The van der Waals surface area contributed by atoms with Gasteiger partial charge in [0, 0.05) is 24.6 Å². The first-order chi connectivity index (χ1) is 10.0. The Morgan fingerprint density at radius 1 is 1.29 bits per heavy atom. The van der Waals surface area contributed by atoms with Crippen molar-refractivity contribution in [1.29, 1.82) is 0 Å². The maximum atomic E-state index is 11.9. The van der Waals surface area contributed by atoms with Gasteiger partial charge in [-0.3, -0.25) is 4.79 Å².